The predicted octanol–water partition coefficient (Wildman–Crippen LogP) is 2.08. The summed E-state index contributed by atoms with van der Waals surface area (Å²) >= 11 is 3.43. The second-order valence-corrected chi connectivity index (χ2v) is 7.73. The maximum Gasteiger partial charge on any atom is 0.191 e. The molecule has 1 atom stereocenters. The number of hydrogen-bond acceptors (Lipinski definition) is 5. The Morgan fingerprint density at radius 2 is 2.11 bits per heavy atom. The summed E-state index contributed by atoms with van der Waals surface area (Å²) in [5.74, 6) is 1.50. The van der Waals surface area contributed by atoms with Crippen molar-refractivity contribution in [2.24, 2.45) is 4.99 Å². The maximum absolute atomic E-state index is 10.7. The number of morpholine rings is 1. The summed E-state index contributed by atoms with van der Waals surface area (Å²) in [7, 11) is 0. The van der Waals surface area contributed by atoms with Crippen molar-refractivity contribution in [3.63, 3.8) is 0 Å². The fourth-order valence-corrected chi connectivity index (χ4v) is 3.16. The highest BCUT2D eigenvalue weighted by Gasteiger charge is 2.25. The highest BCUT2D eigenvalue weighted by Crippen LogP contribution is 2.17. The van der Waals surface area contributed by atoms with Crippen molar-refractivity contribution in [2.45, 2.75) is 19.4 Å². The van der Waals surface area contributed by atoms with Gasteiger partial charge in [0, 0.05) is 30.7 Å². The second kappa shape index (κ2) is 13.6. The zero-order valence-corrected chi connectivity index (χ0v) is 20.5. The summed E-state index contributed by atoms with van der Waals surface area (Å²) < 4.78 is 12.1. The molecule has 1 unspecified atom stereocenters. The highest BCUT2D eigenvalue weighted by molar-refractivity contribution is 14.0. The number of rotatable bonds is 9. The molecule has 9 heteroatoms. The summed E-state index contributed by atoms with van der Waals surface area (Å²) in [6, 6.07) is 7.76. The SMILES string of the molecule is CCNC(=NCC(C)(O)CN1CCOCC1)NCCOc1cccc(Br)c1.I. The van der Waals surface area contributed by atoms with Gasteiger partial charge >= 0.3 is 0 Å². The van der Waals surface area contributed by atoms with Gasteiger partial charge in [-0.2, -0.15) is 0 Å². The normalized spacial score (nSPS) is 17.4. The molecule has 0 amide bonds. The van der Waals surface area contributed by atoms with Crippen LogP contribution in [0.2, 0.25) is 0 Å². The molecule has 1 aliphatic heterocycles. The van der Waals surface area contributed by atoms with E-state index in [4.69, 9.17) is 9.47 Å². The first-order valence-corrected chi connectivity index (χ1v) is 10.2. The van der Waals surface area contributed by atoms with E-state index in [1.165, 1.54) is 0 Å². The lowest BCUT2D eigenvalue weighted by atomic mass is 10.1. The lowest BCUT2D eigenvalue weighted by Gasteiger charge is -2.33. The lowest BCUT2D eigenvalue weighted by molar-refractivity contribution is -0.0179. The van der Waals surface area contributed by atoms with Gasteiger partial charge in [0.1, 0.15) is 12.4 Å². The summed E-state index contributed by atoms with van der Waals surface area (Å²) in [4.78, 5) is 6.75. The number of guanidine groups is 1. The largest absolute Gasteiger partial charge is 0.492 e. The molecule has 1 heterocycles. The summed E-state index contributed by atoms with van der Waals surface area (Å²) in [6.07, 6.45) is 0. The maximum atomic E-state index is 10.7. The Morgan fingerprint density at radius 3 is 2.79 bits per heavy atom. The molecule has 160 valence electrons. The van der Waals surface area contributed by atoms with Gasteiger partial charge in [0.15, 0.2) is 5.96 Å². The predicted molar refractivity (Wildman–Crippen MR) is 127 cm³/mol. The van der Waals surface area contributed by atoms with Crippen molar-refractivity contribution >= 4 is 45.9 Å². The fourth-order valence-electron chi connectivity index (χ4n) is 2.78. The zero-order chi connectivity index (χ0) is 19.5. The first-order valence-electron chi connectivity index (χ1n) is 9.41. The van der Waals surface area contributed by atoms with Crippen molar-refractivity contribution in [3.8, 4) is 5.75 Å². The smallest absolute Gasteiger partial charge is 0.191 e. The Morgan fingerprint density at radius 1 is 1.36 bits per heavy atom. The number of ether oxygens (including phenoxy) is 2. The lowest BCUT2D eigenvalue weighted by Crippen LogP contribution is -2.48. The van der Waals surface area contributed by atoms with Crippen LogP contribution in [0.1, 0.15) is 13.8 Å². The third kappa shape index (κ3) is 10.2. The Kier molecular flexibility index (Phi) is 12.3. The standard InChI is InChI=1S/C19H31BrN4O3.HI/c1-3-21-18(22-7-10-27-17-6-4-5-16(20)13-17)23-14-19(2,25)15-24-8-11-26-12-9-24;/h4-6,13,25H,3,7-12,14-15H2,1-2H3,(H2,21,22,23);1H. The van der Waals surface area contributed by atoms with Crippen LogP contribution in [-0.2, 0) is 4.74 Å². The quantitative estimate of drug-likeness (QED) is 0.183. The van der Waals surface area contributed by atoms with Gasteiger partial charge < -0.3 is 25.2 Å². The van der Waals surface area contributed by atoms with Crippen LogP contribution in [0.4, 0.5) is 0 Å². The van der Waals surface area contributed by atoms with E-state index in [0.717, 1.165) is 43.1 Å². The molecule has 1 saturated heterocycles. The Bertz CT molecular complexity index is 598. The monoisotopic (exact) mass is 570 g/mol. The molecule has 0 aliphatic carbocycles. The molecular formula is C19H32BrIN4O3. The minimum Gasteiger partial charge on any atom is -0.492 e. The van der Waals surface area contributed by atoms with Crippen LogP contribution < -0.4 is 15.4 Å². The first kappa shape index (κ1) is 25.4. The van der Waals surface area contributed by atoms with Crippen LogP contribution in [0.15, 0.2) is 33.7 Å². The van der Waals surface area contributed by atoms with Gasteiger partial charge in [-0.05, 0) is 32.0 Å². The molecule has 2 rings (SSSR count). The number of nitrogens with zero attached hydrogens (tertiary/aromatic N) is 2. The van der Waals surface area contributed by atoms with Crippen LogP contribution in [-0.4, -0.2) is 80.7 Å². The zero-order valence-electron chi connectivity index (χ0n) is 16.6. The molecule has 3 N–H and O–H groups in total. The topological polar surface area (TPSA) is 78.4 Å². The summed E-state index contributed by atoms with van der Waals surface area (Å²) in [6.45, 7) is 9.79. The second-order valence-electron chi connectivity index (χ2n) is 6.81. The van der Waals surface area contributed by atoms with Crippen LogP contribution in [0.3, 0.4) is 0 Å². The van der Waals surface area contributed by atoms with E-state index in [9.17, 15) is 5.11 Å². The minimum atomic E-state index is -0.882. The molecule has 1 fully saturated rings. The Hall–Kier alpha value is -0.620. The molecular weight excluding hydrogens is 539 g/mol. The number of aliphatic hydroxyl groups is 1. The van der Waals surface area contributed by atoms with Crippen LogP contribution in [0.25, 0.3) is 0 Å². The van der Waals surface area contributed by atoms with E-state index in [1.54, 1.807) is 0 Å². The van der Waals surface area contributed by atoms with Gasteiger partial charge in [0.2, 0.25) is 0 Å². The molecule has 0 saturated carbocycles. The number of hydrogen-bond donors (Lipinski definition) is 3. The van der Waals surface area contributed by atoms with Gasteiger partial charge in [-0.25, -0.2) is 0 Å². The van der Waals surface area contributed by atoms with Crippen LogP contribution in [0.5, 0.6) is 5.75 Å². The van der Waals surface area contributed by atoms with E-state index in [0.29, 0.717) is 32.2 Å². The van der Waals surface area contributed by atoms with Crippen LogP contribution in [0, 0.1) is 0 Å². The summed E-state index contributed by atoms with van der Waals surface area (Å²) in [5.41, 5.74) is -0.882. The number of benzene rings is 1. The van der Waals surface area contributed by atoms with Gasteiger partial charge in [0.25, 0.3) is 0 Å². The third-order valence-corrected chi connectivity index (χ3v) is 4.54. The summed E-state index contributed by atoms with van der Waals surface area (Å²) in [5, 5.41) is 17.1. The Labute approximate surface area is 193 Å². The number of halogens is 2. The molecule has 0 radical (unpaired) electrons. The minimum absolute atomic E-state index is 0. The molecule has 1 aliphatic rings. The molecule has 28 heavy (non-hydrogen) atoms. The third-order valence-electron chi connectivity index (χ3n) is 4.05. The Balaban J connectivity index is 0.00000392. The molecule has 0 aromatic heterocycles. The van der Waals surface area contributed by atoms with Gasteiger partial charge in [0.05, 0.1) is 31.9 Å². The molecule has 7 nitrogen and oxygen atoms in total. The number of nitrogens with one attached hydrogen (secondary N) is 2. The number of β-amino-alcohol motifs (C(OH)–C–C–N with tert-alkyl or cyclic N) is 1. The molecule has 1 aromatic rings. The van der Waals surface area contributed by atoms with Crippen molar-refractivity contribution in [3.05, 3.63) is 28.7 Å². The van der Waals surface area contributed by atoms with Crippen LogP contribution >= 0.6 is 39.9 Å². The van der Waals surface area contributed by atoms with Gasteiger partial charge in [-0.15, -0.1) is 24.0 Å². The number of aliphatic imine (C=N–C) groups is 1. The average Bonchev–Trinajstić information content (AvgIpc) is 2.64. The van der Waals surface area contributed by atoms with E-state index in [1.807, 2.05) is 38.1 Å². The first-order chi connectivity index (χ1) is 13.0. The van der Waals surface area contributed by atoms with E-state index < -0.39 is 5.60 Å². The molecule has 0 bridgehead atoms. The van der Waals surface area contributed by atoms with E-state index in [2.05, 4.69) is 36.5 Å². The van der Waals surface area contributed by atoms with Crippen molar-refractivity contribution < 1.29 is 14.6 Å². The van der Waals surface area contributed by atoms with Gasteiger partial charge in [-0.3, -0.25) is 9.89 Å². The average molecular weight is 571 g/mol. The van der Waals surface area contributed by atoms with Crippen molar-refractivity contribution in [1.82, 2.24) is 15.5 Å². The van der Waals surface area contributed by atoms with Crippen molar-refractivity contribution in [2.75, 3.05) is 59.1 Å². The van der Waals surface area contributed by atoms with E-state index >= 15 is 0 Å². The molecule has 0 spiro atoms. The van der Waals surface area contributed by atoms with Gasteiger partial charge in [-0.1, -0.05) is 22.0 Å². The van der Waals surface area contributed by atoms with Crippen molar-refractivity contribution in [1.29, 1.82) is 0 Å². The highest BCUT2D eigenvalue weighted by atomic mass is 127. The fraction of sp³-hybridized carbons (Fsp3) is 0.632. The van der Waals surface area contributed by atoms with E-state index in [-0.39, 0.29) is 24.0 Å². The molecule has 1 aromatic carbocycles.